The number of para-hydroxylation sites is 1. The number of benzene rings is 3. The van der Waals surface area contributed by atoms with Crippen molar-refractivity contribution in [3.05, 3.63) is 88.8 Å². The van der Waals surface area contributed by atoms with Crippen molar-refractivity contribution in [3.63, 3.8) is 0 Å². The molecule has 0 amide bonds. The van der Waals surface area contributed by atoms with Crippen molar-refractivity contribution in [1.82, 2.24) is 0 Å². The van der Waals surface area contributed by atoms with Crippen molar-refractivity contribution >= 4 is 5.97 Å². The lowest BCUT2D eigenvalue weighted by molar-refractivity contribution is 0.0730. The van der Waals surface area contributed by atoms with Gasteiger partial charge in [-0.05, 0) is 31.2 Å². The topological polar surface area (TPSA) is 113 Å². The van der Waals surface area contributed by atoms with Crippen LogP contribution in [-0.2, 0) is 0 Å². The van der Waals surface area contributed by atoms with Crippen molar-refractivity contribution in [2.75, 3.05) is 20.8 Å². The molecule has 1 atom stereocenters. The van der Waals surface area contributed by atoms with Crippen molar-refractivity contribution in [3.8, 4) is 34.8 Å². The molecule has 8 nitrogen and oxygen atoms in total. The summed E-state index contributed by atoms with van der Waals surface area (Å²) in [5.41, 5.74) is 8.06. The maximum Gasteiger partial charge on any atom is 0.347 e. The summed E-state index contributed by atoms with van der Waals surface area (Å²) in [5, 5.41) is 9.84. The van der Waals surface area contributed by atoms with E-state index < -0.39 is 11.9 Å². The maximum absolute atomic E-state index is 12.8. The Labute approximate surface area is 203 Å². The van der Waals surface area contributed by atoms with Gasteiger partial charge in [0.1, 0.15) is 46.0 Å². The van der Waals surface area contributed by atoms with Gasteiger partial charge in [-0.2, -0.15) is 5.26 Å². The van der Waals surface area contributed by atoms with Crippen LogP contribution >= 0.6 is 0 Å². The molecule has 3 aromatic rings. The maximum atomic E-state index is 12.8. The van der Waals surface area contributed by atoms with Crippen molar-refractivity contribution in [1.29, 1.82) is 5.26 Å². The van der Waals surface area contributed by atoms with E-state index in [0.29, 0.717) is 46.3 Å². The van der Waals surface area contributed by atoms with E-state index in [-0.39, 0.29) is 17.2 Å². The second-order valence-electron chi connectivity index (χ2n) is 7.55. The third-order valence-corrected chi connectivity index (χ3v) is 5.56. The summed E-state index contributed by atoms with van der Waals surface area (Å²) in [6, 6.07) is 19.3. The quantitative estimate of drug-likeness (QED) is 0.394. The summed E-state index contributed by atoms with van der Waals surface area (Å²) in [6.07, 6.45) is 0. The second-order valence-corrected chi connectivity index (χ2v) is 7.55. The predicted octanol–water partition coefficient (Wildman–Crippen LogP) is 4.54. The average molecular weight is 472 g/mol. The highest BCUT2D eigenvalue weighted by Crippen LogP contribution is 2.46. The van der Waals surface area contributed by atoms with Crippen molar-refractivity contribution < 1.29 is 28.5 Å². The zero-order chi connectivity index (χ0) is 24.9. The molecule has 0 fully saturated rings. The van der Waals surface area contributed by atoms with Gasteiger partial charge < -0.3 is 29.4 Å². The van der Waals surface area contributed by atoms with E-state index in [0.717, 1.165) is 0 Å². The van der Waals surface area contributed by atoms with Gasteiger partial charge in [-0.25, -0.2) is 4.79 Å². The number of hydrogen-bond acceptors (Lipinski definition) is 8. The van der Waals surface area contributed by atoms with Gasteiger partial charge >= 0.3 is 5.97 Å². The number of allylic oxidation sites excluding steroid dienone is 1. The van der Waals surface area contributed by atoms with Crippen LogP contribution < -0.4 is 29.4 Å². The van der Waals surface area contributed by atoms with E-state index in [1.165, 1.54) is 0 Å². The minimum absolute atomic E-state index is 0.0342. The predicted molar refractivity (Wildman–Crippen MR) is 128 cm³/mol. The monoisotopic (exact) mass is 472 g/mol. The van der Waals surface area contributed by atoms with E-state index in [1.807, 2.05) is 13.0 Å². The van der Waals surface area contributed by atoms with E-state index in [2.05, 4.69) is 6.07 Å². The van der Waals surface area contributed by atoms with Crippen LogP contribution in [0.25, 0.3) is 0 Å². The Bertz CT molecular complexity index is 1340. The lowest BCUT2D eigenvalue weighted by atomic mass is 9.83. The molecule has 3 aromatic carbocycles. The van der Waals surface area contributed by atoms with E-state index in [4.69, 9.17) is 29.4 Å². The number of rotatable bonds is 7. The number of nitrogens with two attached hydrogens (primary N) is 1. The summed E-state index contributed by atoms with van der Waals surface area (Å²) in [7, 11) is 3.10. The molecule has 35 heavy (non-hydrogen) atoms. The van der Waals surface area contributed by atoms with Gasteiger partial charge in [0.05, 0.1) is 26.7 Å². The molecule has 0 aliphatic carbocycles. The fourth-order valence-corrected chi connectivity index (χ4v) is 3.95. The van der Waals surface area contributed by atoms with E-state index in [1.54, 1.807) is 68.8 Å². The molecule has 178 valence electrons. The fourth-order valence-electron chi connectivity index (χ4n) is 3.95. The van der Waals surface area contributed by atoms with Gasteiger partial charge in [0.25, 0.3) is 0 Å². The van der Waals surface area contributed by atoms with Crippen LogP contribution in [0.5, 0.6) is 28.7 Å². The highest BCUT2D eigenvalue weighted by molar-refractivity contribution is 5.94. The molecule has 0 saturated carbocycles. The summed E-state index contributed by atoms with van der Waals surface area (Å²) < 4.78 is 27.7. The lowest BCUT2D eigenvalue weighted by Gasteiger charge is -2.27. The Kier molecular flexibility index (Phi) is 6.78. The first-order chi connectivity index (χ1) is 17.0. The molecule has 1 heterocycles. The number of hydrogen-bond donors (Lipinski definition) is 1. The molecule has 0 spiro atoms. The first-order valence-corrected chi connectivity index (χ1v) is 10.9. The Morgan fingerprint density at radius 1 is 1.00 bits per heavy atom. The van der Waals surface area contributed by atoms with Crippen LogP contribution in [0.1, 0.15) is 34.3 Å². The number of fused-ring (bicyclic) bond motifs is 1. The molecule has 1 unspecified atom stereocenters. The van der Waals surface area contributed by atoms with E-state index in [9.17, 15) is 10.1 Å². The largest absolute Gasteiger partial charge is 0.497 e. The van der Waals surface area contributed by atoms with Gasteiger partial charge in [0, 0.05) is 23.3 Å². The molecule has 4 rings (SSSR count). The van der Waals surface area contributed by atoms with Crippen LogP contribution in [0, 0.1) is 11.3 Å². The molecule has 8 heteroatoms. The number of nitrogens with zero attached hydrogens (tertiary/aromatic N) is 1. The molecule has 1 aliphatic heterocycles. The average Bonchev–Trinajstić information content (AvgIpc) is 2.88. The van der Waals surface area contributed by atoms with Crippen LogP contribution in [0.2, 0.25) is 0 Å². The number of esters is 1. The summed E-state index contributed by atoms with van der Waals surface area (Å²) >= 11 is 0. The zero-order valence-corrected chi connectivity index (χ0v) is 19.5. The van der Waals surface area contributed by atoms with Gasteiger partial charge in [0.2, 0.25) is 5.88 Å². The minimum atomic E-state index is -0.570. The molecule has 0 bridgehead atoms. The summed E-state index contributed by atoms with van der Waals surface area (Å²) in [6.45, 7) is 2.25. The SMILES string of the molecule is CCOc1ccccc1C(=O)Oc1ccc2c(c1)OC(N)=C(C#N)C2c1ccc(OC)cc1OC. The van der Waals surface area contributed by atoms with Crippen molar-refractivity contribution in [2.45, 2.75) is 12.8 Å². The van der Waals surface area contributed by atoms with Crippen LogP contribution in [0.15, 0.2) is 72.1 Å². The van der Waals surface area contributed by atoms with Crippen LogP contribution in [0.3, 0.4) is 0 Å². The molecule has 0 saturated heterocycles. The number of carbonyl (C=O) groups is 1. The third-order valence-electron chi connectivity index (χ3n) is 5.56. The smallest absolute Gasteiger partial charge is 0.347 e. The Hall–Kier alpha value is -4.64. The molecule has 0 radical (unpaired) electrons. The first-order valence-electron chi connectivity index (χ1n) is 10.9. The summed E-state index contributed by atoms with van der Waals surface area (Å²) in [5.74, 6) is 1.06. The van der Waals surface area contributed by atoms with Crippen LogP contribution in [0.4, 0.5) is 0 Å². The lowest BCUT2D eigenvalue weighted by Crippen LogP contribution is -2.21. The molecular formula is C27H24N2O6. The highest BCUT2D eigenvalue weighted by Gasteiger charge is 2.33. The molecule has 1 aliphatic rings. The fraction of sp³-hybridized carbons (Fsp3) is 0.185. The molecular weight excluding hydrogens is 448 g/mol. The Balaban J connectivity index is 1.72. The summed E-state index contributed by atoms with van der Waals surface area (Å²) in [4.78, 5) is 12.8. The second kappa shape index (κ2) is 10.1. The Morgan fingerprint density at radius 2 is 1.74 bits per heavy atom. The third kappa shape index (κ3) is 4.57. The number of carbonyl (C=O) groups excluding carboxylic acids is 1. The van der Waals surface area contributed by atoms with Gasteiger partial charge in [-0.15, -0.1) is 0 Å². The Morgan fingerprint density at radius 3 is 2.46 bits per heavy atom. The molecule has 0 aromatic heterocycles. The first kappa shape index (κ1) is 23.5. The normalized spacial score (nSPS) is 14.3. The number of ether oxygens (including phenoxy) is 5. The van der Waals surface area contributed by atoms with Crippen LogP contribution in [-0.4, -0.2) is 26.8 Å². The minimum Gasteiger partial charge on any atom is -0.497 e. The molecule has 2 N–H and O–H groups in total. The van der Waals surface area contributed by atoms with Crippen molar-refractivity contribution in [2.24, 2.45) is 5.73 Å². The zero-order valence-electron chi connectivity index (χ0n) is 19.5. The number of nitriles is 1. The van der Waals surface area contributed by atoms with E-state index >= 15 is 0 Å². The van der Waals surface area contributed by atoms with Gasteiger partial charge in [-0.1, -0.05) is 24.3 Å². The standard InChI is InChI=1S/C27H24N2O6/c1-4-33-22-8-6-5-7-20(22)27(30)34-17-10-12-19-24(14-17)35-26(29)21(15-28)25(19)18-11-9-16(31-2)13-23(18)32-3/h5-14,25H,4,29H2,1-3H3. The van der Waals surface area contributed by atoms with Gasteiger partial charge in [0.15, 0.2) is 0 Å². The number of methoxy groups -OCH3 is 2. The highest BCUT2D eigenvalue weighted by atomic mass is 16.5. The van der Waals surface area contributed by atoms with Gasteiger partial charge in [-0.3, -0.25) is 0 Å².